The predicted octanol–water partition coefficient (Wildman–Crippen LogP) is 2.24. The summed E-state index contributed by atoms with van der Waals surface area (Å²) in [6.45, 7) is 1.83. The Balaban J connectivity index is 2.19. The average molecular weight is 227 g/mol. The van der Waals surface area contributed by atoms with Gasteiger partial charge in [0.05, 0.1) is 12.0 Å². The second kappa shape index (κ2) is 5.05. The fraction of sp³-hybridized carbons (Fsp3) is 0.400. The molecule has 0 fully saturated rings. The summed E-state index contributed by atoms with van der Waals surface area (Å²) in [5, 5.41) is 2.87. The molecule has 88 valence electrons. The van der Waals surface area contributed by atoms with Crippen LogP contribution in [0.15, 0.2) is 24.3 Å². The van der Waals surface area contributed by atoms with Gasteiger partial charge in [-0.3, -0.25) is 4.79 Å². The molecule has 0 radical (unpaired) electrons. The number of amides is 1. The number of aryl methyl sites for hydroxylation is 1. The van der Waals surface area contributed by atoms with E-state index < -0.39 is 0 Å². The van der Waals surface area contributed by atoms with E-state index in [9.17, 15) is 4.79 Å². The van der Waals surface area contributed by atoms with E-state index >= 15 is 0 Å². The van der Waals surface area contributed by atoms with Crippen molar-refractivity contribution in [2.24, 2.45) is 0 Å². The van der Waals surface area contributed by atoms with E-state index in [1.54, 1.807) is 0 Å². The van der Waals surface area contributed by atoms with Gasteiger partial charge in [0.15, 0.2) is 0 Å². The Bertz CT molecular complexity index is 458. The molecule has 0 spiro atoms. The minimum atomic E-state index is -0.198. The molecule has 1 amide bonds. The monoisotopic (exact) mass is 227 g/mol. The molecule has 0 heterocycles. The number of nitrogens with one attached hydrogen (secondary N) is 1. The summed E-state index contributed by atoms with van der Waals surface area (Å²) in [5.74, 6) is 2.55. The van der Waals surface area contributed by atoms with Crippen LogP contribution in [0.25, 0.3) is 0 Å². The van der Waals surface area contributed by atoms with Gasteiger partial charge in [0, 0.05) is 0 Å². The zero-order valence-corrected chi connectivity index (χ0v) is 10.1. The highest BCUT2D eigenvalue weighted by molar-refractivity contribution is 5.84. The molecule has 1 aromatic carbocycles. The smallest absolute Gasteiger partial charge is 0.228 e. The number of carbonyl (C=O) groups excluding carboxylic acids is 1. The summed E-state index contributed by atoms with van der Waals surface area (Å²) < 4.78 is 0. The van der Waals surface area contributed by atoms with Crippen molar-refractivity contribution >= 4 is 5.91 Å². The Morgan fingerprint density at radius 3 is 3.06 bits per heavy atom. The number of fused-ring (bicyclic) bond motifs is 1. The van der Waals surface area contributed by atoms with Gasteiger partial charge in [-0.2, -0.15) is 0 Å². The summed E-state index contributed by atoms with van der Waals surface area (Å²) in [6, 6.07) is 7.99. The molecule has 1 aromatic rings. The fourth-order valence-corrected chi connectivity index (χ4v) is 2.38. The highest BCUT2D eigenvalue weighted by atomic mass is 16.1. The van der Waals surface area contributed by atoms with Crippen molar-refractivity contribution in [2.75, 3.05) is 0 Å². The Hall–Kier alpha value is -1.75. The Kier molecular flexibility index (Phi) is 3.49. The summed E-state index contributed by atoms with van der Waals surface area (Å²) >= 11 is 0. The standard InChI is InChI=1S/C15H17NO/c1-3-11(2)16-15(17)14-10-6-8-12-7-4-5-9-13(12)14/h1,4-5,7,9,11,14H,6,8,10H2,2H3,(H,16,17). The Morgan fingerprint density at radius 1 is 1.53 bits per heavy atom. The lowest BCUT2D eigenvalue weighted by Gasteiger charge is -2.25. The number of hydrogen-bond acceptors (Lipinski definition) is 1. The van der Waals surface area contributed by atoms with Crippen LogP contribution < -0.4 is 5.32 Å². The largest absolute Gasteiger partial charge is 0.342 e. The first-order valence-corrected chi connectivity index (χ1v) is 6.06. The van der Waals surface area contributed by atoms with E-state index in [0.717, 1.165) is 19.3 Å². The van der Waals surface area contributed by atoms with Gasteiger partial charge < -0.3 is 5.32 Å². The zero-order valence-electron chi connectivity index (χ0n) is 10.1. The second-order valence-electron chi connectivity index (χ2n) is 4.54. The normalized spacial score (nSPS) is 19.9. The summed E-state index contributed by atoms with van der Waals surface area (Å²) in [4.78, 5) is 12.1. The number of rotatable bonds is 2. The van der Waals surface area contributed by atoms with E-state index in [0.29, 0.717) is 0 Å². The second-order valence-corrected chi connectivity index (χ2v) is 4.54. The maximum atomic E-state index is 12.1. The van der Waals surface area contributed by atoms with Gasteiger partial charge in [0.2, 0.25) is 5.91 Å². The van der Waals surface area contributed by atoms with Crippen LogP contribution in [-0.4, -0.2) is 11.9 Å². The third-order valence-corrected chi connectivity index (χ3v) is 3.29. The van der Waals surface area contributed by atoms with E-state index in [2.05, 4.69) is 23.4 Å². The molecule has 2 atom stereocenters. The first-order valence-electron chi connectivity index (χ1n) is 6.06. The van der Waals surface area contributed by atoms with Crippen LogP contribution in [-0.2, 0) is 11.2 Å². The van der Waals surface area contributed by atoms with E-state index in [1.165, 1.54) is 11.1 Å². The third kappa shape index (κ3) is 2.50. The van der Waals surface area contributed by atoms with Crippen LogP contribution in [0.1, 0.15) is 36.8 Å². The van der Waals surface area contributed by atoms with Crippen LogP contribution in [0.5, 0.6) is 0 Å². The quantitative estimate of drug-likeness (QED) is 0.771. The van der Waals surface area contributed by atoms with Crippen molar-refractivity contribution in [1.82, 2.24) is 5.32 Å². The molecule has 0 saturated heterocycles. The molecule has 1 aliphatic carbocycles. The SMILES string of the molecule is C#CC(C)NC(=O)C1CCCc2ccccc21. The van der Waals surface area contributed by atoms with Crippen molar-refractivity contribution in [3.63, 3.8) is 0 Å². The Morgan fingerprint density at radius 2 is 2.29 bits per heavy atom. The predicted molar refractivity (Wildman–Crippen MR) is 68.6 cm³/mol. The van der Waals surface area contributed by atoms with Crippen LogP contribution in [0.3, 0.4) is 0 Å². The Labute approximate surface area is 102 Å². The third-order valence-electron chi connectivity index (χ3n) is 3.29. The molecule has 1 N–H and O–H groups in total. The van der Waals surface area contributed by atoms with Crippen molar-refractivity contribution in [3.05, 3.63) is 35.4 Å². The molecule has 2 heteroatoms. The van der Waals surface area contributed by atoms with Gasteiger partial charge in [0.25, 0.3) is 0 Å². The molecule has 0 bridgehead atoms. The summed E-state index contributed by atoms with van der Waals surface area (Å²) in [7, 11) is 0. The van der Waals surface area contributed by atoms with E-state index in [-0.39, 0.29) is 17.9 Å². The molecule has 0 aliphatic heterocycles. The highest BCUT2D eigenvalue weighted by Gasteiger charge is 2.26. The van der Waals surface area contributed by atoms with Crippen LogP contribution in [0, 0.1) is 12.3 Å². The number of benzene rings is 1. The maximum Gasteiger partial charge on any atom is 0.228 e. The first kappa shape index (κ1) is 11.7. The van der Waals surface area contributed by atoms with Gasteiger partial charge in [0.1, 0.15) is 0 Å². The molecule has 2 rings (SSSR count). The number of terminal acetylenes is 1. The molecule has 0 aromatic heterocycles. The van der Waals surface area contributed by atoms with Crippen LogP contribution in [0.2, 0.25) is 0 Å². The fourth-order valence-electron chi connectivity index (χ4n) is 2.38. The zero-order chi connectivity index (χ0) is 12.3. The van der Waals surface area contributed by atoms with Crippen LogP contribution in [0.4, 0.5) is 0 Å². The summed E-state index contributed by atoms with van der Waals surface area (Å²) in [5.41, 5.74) is 2.47. The average Bonchev–Trinajstić information content (AvgIpc) is 2.37. The van der Waals surface area contributed by atoms with Crippen molar-refractivity contribution < 1.29 is 4.79 Å². The van der Waals surface area contributed by atoms with Crippen molar-refractivity contribution in [2.45, 2.75) is 38.1 Å². The van der Waals surface area contributed by atoms with Crippen molar-refractivity contribution in [3.8, 4) is 12.3 Å². The number of carbonyl (C=O) groups is 1. The lowest BCUT2D eigenvalue weighted by atomic mass is 9.82. The lowest BCUT2D eigenvalue weighted by molar-refractivity contribution is -0.123. The topological polar surface area (TPSA) is 29.1 Å². The minimum absolute atomic E-state index is 0.0317. The molecular weight excluding hydrogens is 210 g/mol. The van der Waals surface area contributed by atoms with E-state index in [1.807, 2.05) is 19.1 Å². The van der Waals surface area contributed by atoms with Gasteiger partial charge >= 0.3 is 0 Å². The van der Waals surface area contributed by atoms with E-state index in [4.69, 9.17) is 6.42 Å². The first-order chi connectivity index (χ1) is 8.22. The maximum absolute atomic E-state index is 12.1. The highest BCUT2D eigenvalue weighted by Crippen LogP contribution is 2.31. The molecule has 17 heavy (non-hydrogen) atoms. The van der Waals surface area contributed by atoms with Gasteiger partial charge in [-0.1, -0.05) is 30.2 Å². The van der Waals surface area contributed by atoms with Crippen LogP contribution >= 0.6 is 0 Å². The molecule has 1 aliphatic rings. The molecule has 2 nitrogen and oxygen atoms in total. The minimum Gasteiger partial charge on any atom is -0.342 e. The summed E-state index contributed by atoms with van der Waals surface area (Å²) in [6.07, 6.45) is 8.34. The van der Waals surface area contributed by atoms with Gasteiger partial charge in [-0.15, -0.1) is 6.42 Å². The molecular formula is C15H17NO. The van der Waals surface area contributed by atoms with Crippen molar-refractivity contribution in [1.29, 1.82) is 0 Å². The van der Waals surface area contributed by atoms with Gasteiger partial charge in [-0.05, 0) is 37.3 Å². The van der Waals surface area contributed by atoms with Gasteiger partial charge in [-0.25, -0.2) is 0 Å². The molecule has 2 unspecified atom stereocenters. The lowest BCUT2D eigenvalue weighted by Crippen LogP contribution is -2.36. The number of hydrogen-bond donors (Lipinski definition) is 1. The molecule has 0 saturated carbocycles.